The maximum atomic E-state index is 11.7. The fourth-order valence-corrected chi connectivity index (χ4v) is 4.50. The van der Waals surface area contributed by atoms with E-state index in [-0.39, 0.29) is 12.4 Å². The molecule has 1 aliphatic rings. The lowest BCUT2D eigenvalue weighted by Crippen LogP contribution is -2.38. The van der Waals surface area contributed by atoms with E-state index >= 15 is 0 Å². The van der Waals surface area contributed by atoms with Crippen molar-refractivity contribution in [1.29, 1.82) is 0 Å². The Morgan fingerprint density at radius 3 is 2.13 bits per heavy atom. The Morgan fingerprint density at radius 1 is 1.00 bits per heavy atom. The number of anilines is 1. The highest BCUT2D eigenvalue weighted by Gasteiger charge is 2.20. The lowest BCUT2D eigenvalue weighted by Gasteiger charge is -2.29. The van der Waals surface area contributed by atoms with Crippen molar-refractivity contribution in [3.05, 3.63) is 48.0 Å². The molecule has 0 bridgehead atoms. The highest BCUT2D eigenvalue weighted by Crippen LogP contribution is 2.29. The Labute approximate surface area is 192 Å². The standard InChI is InChI=1S/C23H33N3O3S.ClH/c1-24-20-8-10-21(11-9-20)25-16-19-15-18(7-14-23(19)29-3)17-5-12-22(13-6-17)26(2)30(4,27)28;/h5-7,12-15,20-21,24-25H,8-11,16H2,1-4H3;1H. The zero-order valence-electron chi connectivity index (χ0n) is 18.7. The van der Waals surface area contributed by atoms with Crippen molar-refractivity contribution >= 4 is 28.1 Å². The van der Waals surface area contributed by atoms with Crippen molar-refractivity contribution in [2.45, 2.75) is 44.3 Å². The molecule has 0 heterocycles. The summed E-state index contributed by atoms with van der Waals surface area (Å²) in [5, 5.41) is 7.07. The average Bonchev–Trinajstić information content (AvgIpc) is 2.76. The first-order chi connectivity index (χ1) is 14.3. The third-order valence-corrected chi connectivity index (χ3v) is 7.26. The molecule has 1 saturated carbocycles. The molecule has 3 rings (SSSR count). The minimum atomic E-state index is -3.27. The maximum Gasteiger partial charge on any atom is 0.231 e. The predicted molar refractivity (Wildman–Crippen MR) is 131 cm³/mol. The minimum absolute atomic E-state index is 0. The lowest BCUT2D eigenvalue weighted by atomic mass is 9.91. The number of ether oxygens (including phenoxy) is 1. The normalized spacial score (nSPS) is 18.8. The Balaban J connectivity index is 0.00000341. The van der Waals surface area contributed by atoms with Crippen LogP contribution in [-0.4, -0.2) is 48.0 Å². The predicted octanol–water partition coefficient (Wildman–Crippen LogP) is 3.80. The number of methoxy groups -OCH3 is 1. The van der Waals surface area contributed by atoms with Gasteiger partial charge in [0.25, 0.3) is 0 Å². The van der Waals surface area contributed by atoms with Crippen LogP contribution in [0.2, 0.25) is 0 Å². The molecule has 31 heavy (non-hydrogen) atoms. The molecule has 172 valence electrons. The number of hydrogen-bond acceptors (Lipinski definition) is 5. The summed E-state index contributed by atoms with van der Waals surface area (Å²) in [7, 11) is 2.04. The van der Waals surface area contributed by atoms with Gasteiger partial charge in [0.05, 0.1) is 19.1 Å². The number of halogens is 1. The van der Waals surface area contributed by atoms with Crippen LogP contribution in [0.15, 0.2) is 42.5 Å². The second-order valence-corrected chi connectivity index (χ2v) is 10.0. The van der Waals surface area contributed by atoms with Crippen LogP contribution in [0.3, 0.4) is 0 Å². The van der Waals surface area contributed by atoms with E-state index in [0.717, 1.165) is 29.0 Å². The van der Waals surface area contributed by atoms with E-state index in [1.54, 1.807) is 14.2 Å². The van der Waals surface area contributed by atoms with Crippen LogP contribution in [0.5, 0.6) is 5.75 Å². The van der Waals surface area contributed by atoms with Gasteiger partial charge in [0, 0.05) is 31.2 Å². The van der Waals surface area contributed by atoms with Gasteiger partial charge in [0.15, 0.2) is 0 Å². The summed E-state index contributed by atoms with van der Waals surface area (Å²) in [4.78, 5) is 0. The van der Waals surface area contributed by atoms with E-state index in [2.05, 4.69) is 16.7 Å². The van der Waals surface area contributed by atoms with Crippen molar-refractivity contribution in [2.75, 3.05) is 31.8 Å². The molecule has 0 unspecified atom stereocenters. The van der Waals surface area contributed by atoms with Crippen LogP contribution in [0, 0.1) is 0 Å². The van der Waals surface area contributed by atoms with Crippen LogP contribution < -0.4 is 19.7 Å². The van der Waals surface area contributed by atoms with Crippen LogP contribution in [-0.2, 0) is 16.6 Å². The Hall–Kier alpha value is -1.80. The third-order valence-electron chi connectivity index (χ3n) is 6.06. The second kappa shape index (κ2) is 11.2. The zero-order valence-corrected chi connectivity index (χ0v) is 20.4. The molecule has 0 spiro atoms. The Kier molecular flexibility index (Phi) is 9.18. The monoisotopic (exact) mass is 467 g/mol. The molecule has 1 aliphatic carbocycles. The molecule has 0 radical (unpaired) electrons. The molecule has 2 N–H and O–H groups in total. The number of nitrogens with one attached hydrogen (secondary N) is 2. The first-order valence-electron chi connectivity index (χ1n) is 10.4. The van der Waals surface area contributed by atoms with E-state index < -0.39 is 10.0 Å². The highest BCUT2D eigenvalue weighted by atomic mass is 35.5. The SMILES string of the molecule is CNC1CCC(NCc2cc(-c3ccc(N(C)S(C)(=O)=O)cc3)ccc2OC)CC1.Cl. The summed E-state index contributed by atoms with van der Waals surface area (Å²) in [5.41, 5.74) is 3.90. The largest absolute Gasteiger partial charge is 0.496 e. The third kappa shape index (κ3) is 6.59. The number of rotatable bonds is 8. The number of sulfonamides is 1. The quantitative estimate of drug-likeness (QED) is 0.617. The molecule has 0 atom stereocenters. The van der Waals surface area contributed by atoms with Gasteiger partial charge in [-0.1, -0.05) is 18.2 Å². The van der Waals surface area contributed by atoms with Gasteiger partial charge in [-0.15, -0.1) is 12.4 Å². The van der Waals surface area contributed by atoms with Gasteiger partial charge in [-0.2, -0.15) is 0 Å². The minimum Gasteiger partial charge on any atom is -0.496 e. The second-order valence-electron chi connectivity index (χ2n) is 8.02. The van der Waals surface area contributed by atoms with Crippen LogP contribution >= 0.6 is 12.4 Å². The first kappa shape index (κ1) is 25.5. The van der Waals surface area contributed by atoms with E-state index in [0.29, 0.717) is 17.8 Å². The Bertz CT molecular complexity index is 943. The number of hydrogen-bond donors (Lipinski definition) is 2. The van der Waals surface area contributed by atoms with Gasteiger partial charge in [0.1, 0.15) is 5.75 Å². The Morgan fingerprint density at radius 2 is 1.58 bits per heavy atom. The van der Waals surface area contributed by atoms with Gasteiger partial charge in [-0.05, 0) is 68.1 Å². The van der Waals surface area contributed by atoms with Gasteiger partial charge in [-0.3, -0.25) is 4.31 Å². The van der Waals surface area contributed by atoms with Crippen LogP contribution in [0.1, 0.15) is 31.2 Å². The van der Waals surface area contributed by atoms with E-state index in [4.69, 9.17) is 4.74 Å². The van der Waals surface area contributed by atoms with Gasteiger partial charge in [0.2, 0.25) is 10.0 Å². The van der Waals surface area contributed by atoms with Crippen molar-refractivity contribution in [3.63, 3.8) is 0 Å². The fourth-order valence-electron chi connectivity index (χ4n) is 3.99. The molecular weight excluding hydrogens is 434 g/mol. The van der Waals surface area contributed by atoms with Crippen molar-refractivity contribution in [1.82, 2.24) is 10.6 Å². The van der Waals surface area contributed by atoms with Gasteiger partial charge < -0.3 is 15.4 Å². The van der Waals surface area contributed by atoms with E-state index in [1.807, 2.05) is 43.4 Å². The van der Waals surface area contributed by atoms with E-state index in [9.17, 15) is 8.42 Å². The topological polar surface area (TPSA) is 70.7 Å². The van der Waals surface area contributed by atoms with Crippen molar-refractivity contribution in [2.24, 2.45) is 0 Å². The average molecular weight is 468 g/mol. The molecule has 0 saturated heterocycles. The summed E-state index contributed by atoms with van der Waals surface area (Å²) >= 11 is 0. The summed E-state index contributed by atoms with van der Waals surface area (Å²) in [5.74, 6) is 0.878. The molecule has 0 amide bonds. The molecule has 0 aliphatic heterocycles. The van der Waals surface area contributed by atoms with E-state index in [1.165, 1.54) is 36.2 Å². The molecule has 2 aromatic carbocycles. The molecule has 8 heteroatoms. The number of nitrogens with zero attached hydrogens (tertiary/aromatic N) is 1. The fraction of sp³-hybridized carbons (Fsp3) is 0.478. The van der Waals surface area contributed by atoms with Crippen molar-refractivity contribution < 1.29 is 13.2 Å². The summed E-state index contributed by atoms with van der Waals surface area (Å²) < 4.78 is 30.3. The molecule has 6 nitrogen and oxygen atoms in total. The van der Waals surface area contributed by atoms with Crippen LogP contribution in [0.25, 0.3) is 11.1 Å². The molecule has 0 aromatic heterocycles. The number of benzene rings is 2. The smallest absolute Gasteiger partial charge is 0.231 e. The zero-order chi connectivity index (χ0) is 21.7. The molecular formula is C23H34ClN3O3S. The van der Waals surface area contributed by atoms with Gasteiger partial charge in [-0.25, -0.2) is 8.42 Å². The summed E-state index contributed by atoms with van der Waals surface area (Å²) in [6.45, 7) is 0.765. The molecule has 1 fully saturated rings. The summed E-state index contributed by atoms with van der Waals surface area (Å²) in [6, 6.07) is 14.9. The molecule has 2 aromatic rings. The first-order valence-corrected chi connectivity index (χ1v) is 12.3. The highest BCUT2D eigenvalue weighted by molar-refractivity contribution is 7.92. The summed E-state index contributed by atoms with van der Waals surface area (Å²) in [6.07, 6.45) is 5.99. The lowest BCUT2D eigenvalue weighted by molar-refractivity contribution is 0.315. The maximum absolute atomic E-state index is 11.7. The van der Waals surface area contributed by atoms with Crippen LogP contribution in [0.4, 0.5) is 5.69 Å². The van der Waals surface area contributed by atoms with Crippen molar-refractivity contribution in [3.8, 4) is 16.9 Å². The van der Waals surface area contributed by atoms with Gasteiger partial charge >= 0.3 is 0 Å².